The smallest absolute Gasteiger partial charge is 0.0640 e. The highest BCUT2D eigenvalue weighted by Gasteiger charge is 2.29. The summed E-state index contributed by atoms with van der Waals surface area (Å²) in [6, 6.07) is 7.06. The minimum atomic E-state index is 0.609. The number of rotatable bonds is 3. The lowest BCUT2D eigenvalue weighted by Gasteiger charge is -2.20. The fraction of sp³-hybridized carbons (Fsp3) is 0.538. The molecule has 17 heavy (non-hydrogen) atoms. The molecule has 2 aliphatic rings. The number of hydrogen-bond acceptors (Lipinski definition) is 2. The van der Waals surface area contributed by atoms with E-state index in [2.05, 4.69) is 10.2 Å². The number of hydrogen-bond donors (Lipinski definition) is 1. The number of nitrogens with one attached hydrogen (secondary N) is 1. The molecular weight excluding hydrogens is 255 g/mol. The first-order valence-corrected chi connectivity index (χ1v) is 6.94. The van der Waals surface area contributed by atoms with Crippen LogP contribution >= 0.6 is 23.2 Å². The molecule has 1 atom stereocenters. The summed E-state index contributed by atoms with van der Waals surface area (Å²) < 4.78 is 0. The second-order valence-electron chi connectivity index (χ2n) is 4.97. The van der Waals surface area contributed by atoms with Crippen molar-refractivity contribution in [1.82, 2.24) is 5.32 Å². The average molecular weight is 271 g/mol. The van der Waals surface area contributed by atoms with Crippen LogP contribution in [0.3, 0.4) is 0 Å². The summed E-state index contributed by atoms with van der Waals surface area (Å²) in [7, 11) is 0. The van der Waals surface area contributed by atoms with Gasteiger partial charge in [0.05, 0.1) is 10.7 Å². The van der Waals surface area contributed by atoms with Gasteiger partial charge in [0.2, 0.25) is 0 Å². The fourth-order valence-electron chi connectivity index (χ4n) is 2.43. The number of halogens is 2. The number of benzene rings is 1. The first kappa shape index (κ1) is 11.6. The Bertz CT molecular complexity index is 418. The first-order chi connectivity index (χ1) is 8.22. The number of nitrogens with zero attached hydrogens (tertiary/aromatic N) is 1. The van der Waals surface area contributed by atoms with Crippen LogP contribution < -0.4 is 10.2 Å². The molecule has 2 fully saturated rings. The molecule has 1 saturated heterocycles. The SMILES string of the molecule is Clc1ccc(Cl)c(N2CCC(NC3CC3)C2)c1. The molecule has 1 aromatic carbocycles. The highest BCUT2D eigenvalue weighted by Crippen LogP contribution is 2.32. The Morgan fingerprint density at radius 3 is 2.71 bits per heavy atom. The van der Waals surface area contributed by atoms with Gasteiger partial charge >= 0.3 is 0 Å². The molecular formula is C13H16Cl2N2. The topological polar surface area (TPSA) is 15.3 Å². The average Bonchev–Trinajstić information content (AvgIpc) is 2.99. The van der Waals surface area contributed by atoms with Crippen LogP contribution in [0, 0.1) is 0 Å². The van der Waals surface area contributed by atoms with Crippen molar-refractivity contribution in [3.8, 4) is 0 Å². The Hall–Kier alpha value is -0.440. The summed E-state index contributed by atoms with van der Waals surface area (Å²) in [5.41, 5.74) is 1.07. The predicted octanol–water partition coefficient (Wildman–Crippen LogP) is 3.32. The lowest BCUT2D eigenvalue weighted by atomic mass is 10.2. The van der Waals surface area contributed by atoms with Crippen LogP contribution in [0.25, 0.3) is 0 Å². The first-order valence-electron chi connectivity index (χ1n) is 6.18. The zero-order chi connectivity index (χ0) is 11.8. The third kappa shape index (κ3) is 2.70. The summed E-state index contributed by atoms with van der Waals surface area (Å²) in [6.07, 6.45) is 3.88. The van der Waals surface area contributed by atoms with Crippen LogP contribution in [0.1, 0.15) is 19.3 Å². The molecule has 3 rings (SSSR count). The molecule has 1 saturated carbocycles. The van der Waals surface area contributed by atoms with E-state index < -0.39 is 0 Å². The van der Waals surface area contributed by atoms with Crippen molar-refractivity contribution in [2.45, 2.75) is 31.3 Å². The maximum Gasteiger partial charge on any atom is 0.0640 e. The van der Waals surface area contributed by atoms with E-state index in [0.29, 0.717) is 6.04 Å². The van der Waals surface area contributed by atoms with Gasteiger partial charge in [-0.05, 0) is 37.5 Å². The lowest BCUT2D eigenvalue weighted by molar-refractivity contribution is 0.548. The van der Waals surface area contributed by atoms with Crippen LogP contribution in [0.5, 0.6) is 0 Å². The highest BCUT2D eigenvalue weighted by molar-refractivity contribution is 6.35. The van der Waals surface area contributed by atoms with Crippen molar-refractivity contribution in [2.24, 2.45) is 0 Å². The van der Waals surface area contributed by atoms with Crippen molar-refractivity contribution in [2.75, 3.05) is 18.0 Å². The molecule has 1 aliphatic heterocycles. The molecule has 1 aliphatic carbocycles. The molecule has 0 bridgehead atoms. The van der Waals surface area contributed by atoms with E-state index in [1.165, 1.54) is 19.3 Å². The Morgan fingerprint density at radius 1 is 1.12 bits per heavy atom. The molecule has 2 nitrogen and oxygen atoms in total. The number of anilines is 1. The Labute approximate surface area is 112 Å². The van der Waals surface area contributed by atoms with Gasteiger partial charge in [0.1, 0.15) is 0 Å². The maximum atomic E-state index is 6.22. The van der Waals surface area contributed by atoms with Crippen LogP contribution in [0.4, 0.5) is 5.69 Å². The Morgan fingerprint density at radius 2 is 1.94 bits per heavy atom. The van der Waals surface area contributed by atoms with Crippen molar-refractivity contribution in [3.05, 3.63) is 28.2 Å². The maximum absolute atomic E-state index is 6.22. The van der Waals surface area contributed by atoms with E-state index in [9.17, 15) is 0 Å². The Kier molecular flexibility index (Phi) is 3.20. The van der Waals surface area contributed by atoms with E-state index in [-0.39, 0.29) is 0 Å². The van der Waals surface area contributed by atoms with E-state index in [0.717, 1.165) is 34.9 Å². The van der Waals surface area contributed by atoms with Gasteiger partial charge in [-0.2, -0.15) is 0 Å². The van der Waals surface area contributed by atoms with Crippen LogP contribution in [0.15, 0.2) is 18.2 Å². The van der Waals surface area contributed by atoms with E-state index in [1.807, 2.05) is 18.2 Å². The summed E-state index contributed by atoms with van der Waals surface area (Å²) in [4.78, 5) is 2.33. The molecule has 0 radical (unpaired) electrons. The third-order valence-electron chi connectivity index (χ3n) is 3.49. The van der Waals surface area contributed by atoms with Crippen LogP contribution in [-0.2, 0) is 0 Å². The summed E-state index contributed by atoms with van der Waals surface area (Å²) in [5.74, 6) is 0. The van der Waals surface area contributed by atoms with Gasteiger partial charge in [0.25, 0.3) is 0 Å². The van der Waals surface area contributed by atoms with Gasteiger partial charge in [-0.1, -0.05) is 23.2 Å². The van der Waals surface area contributed by atoms with Crippen molar-refractivity contribution >= 4 is 28.9 Å². The highest BCUT2D eigenvalue weighted by atomic mass is 35.5. The molecule has 1 heterocycles. The molecule has 1 aromatic rings. The van der Waals surface area contributed by atoms with Crippen LogP contribution in [0.2, 0.25) is 10.0 Å². The molecule has 1 unspecified atom stereocenters. The van der Waals surface area contributed by atoms with Crippen molar-refractivity contribution in [1.29, 1.82) is 0 Å². The van der Waals surface area contributed by atoms with E-state index >= 15 is 0 Å². The van der Waals surface area contributed by atoms with E-state index in [4.69, 9.17) is 23.2 Å². The van der Waals surface area contributed by atoms with Gasteiger partial charge in [-0.25, -0.2) is 0 Å². The van der Waals surface area contributed by atoms with Crippen LogP contribution in [-0.4, -0.2) is 25.2 Å². The van der Waals surface area contributed by atoms with Gasteiger partial charge in [0, 0.05) is 30.2 Å². The molecule has 1 N–H and O–H groups in total. The van der Waals surface area contributed by atoms with Gasteiger partial charge in [-0.15, -0.1) is 0 Å². The molecule has 0 spiro atoms. The normalized spacial score (nSPS) is 24.4. The fourth-order valence-corrected chi connectivity index (χ4v) is 2.83. The second-order valence-corrected chi connectivity index (χ2v) is 5.81. The van der Waals surface area contributed by atoms with Gasteiger partial charge < -0.3 is 10.2 Å². The third-order valence-corrected chi connectivity index (χ3v) is 4.04. The van der Waals surface area contributed by atoms with Gasteiger partial charge in [-0.3, -0.25) is 0 Å². The molecule has 0 amide bonds. The standard InChI is InChI=1S/C13H16Cl2N2/c14-9-1-4-12(15)13(7-9)17-6-5-11(8-17)16-10-2-3-10/h1,4,7,10-11,16H,2-3,5-6,8H2. The summed E-state index contributed by atoms with van der Waals surface area (Å²) >= 11 is 12.2. The van der Waals surface area contributed by atoms with Gasteiger partial charge in [0.15, 0.2) is 0 Å². The quantitative estimate of drug-likeness (QED) is 0.907. The van der Waals surface area contributed by atoms with Crippen molar-refractivity contribution in [3.63, 3.8) is 0 Å². The Balaban J connectivity index is 1.69. The molecule has 92 valence electrons. The van der Waals surface area contributed by atoms with Crippen molar-refractivity contribution < 1.29 is 0 Å². The zero-order valence-corrected chi connectivity index (χ0v) is 11.1. The minimum absolute atomic E-state index is 0.609. The lowest BCUT2D eigenvalue weighted by Crippen LogP contribution is -2.34. The summed E-state index contributed by atoms with van der Waals surface area (Å²) in [6.45, 7) is 2.10. The minimum Gasteiger partial charge on any atom is -0.369 e. The predicted molar refractivity (Wildman–Crippen MR) is 73.2 cm³/mol. The van der Waals surface area contributed by atoms with E-state index in [1.54, 1.807) is 0 Å². The molecule has 0 aromatic heterocycles. The second kappa shape index (κ2) is 4.68. The largest absolute Gasteiger partial charge is 0.369 e. The summed E-state index contributed by atoms with van der Waals surface area (Å²) in [5, 5.41) is 5.21. The monoisotopic (exact) mass is 270 g/mol. The molecule has 4 heteroatoms. The zero-order valence-electron chi connectivity index (χ0n) is 9.63.